The van der Waals surface area contributed by atoms with Gasteiger partial charge < -0.3 is 10.1 Å². The molecule has 0 atom stereocenters. The van der Waals surface area contributed by atoms with Gasteiger partial charge in [-0.1, -0.05) is 48.0 Å². The highest BCUT2D eigenvalue weighted by atomic mass is 35.5. The fourth-order valence-electron chi connectivity index (χ4n) is 3.67. The molecule has 0 aromatic heterocycles. The van der Waals surface area contributed by atoms with Crippen molar-refractivity contribution in [1.82, 2.24) is 4.31 Å². The van der Waals surface area contributed by atoms with Gasteiger partial charge in [0.1, 0.15) is 18.1 Å². The van der Waals surface area contributed by atoms with E-state index >= 15 is 0 Å². The number of fused-ring (bicyclic) bond motifs is 1. The average Bonchev–Trinajstić information content (AvgIpc) is 2.80. The average molecular weight is 501 g/mol. The van der Waals surface area contributed by atoms with Crippen molar-refractivity contribution in [3.8, 4) is 0 Å². The first-order valence-corrected chi connectivity index (χ1v) is 11.8. The van der Waals surface area contributed by atoms with Crippen molar-refractivity contribution in [2.45, 2.75) is 4.90 Å². The van der Waals surface area contributed by atoms with Gasteiger partial charge in [0.2, 0.25) is 5.91 Å². The minimum absolute atomic E-state index is 0.123. The van der Waals surface area contributed by atoms with Gasteiger partial charge in [-0.15, -0.1) is 0 Å². The lowest BCUT2D eigenvalue weighted by Crippen LogP contribution is -2.43. The Morgan fingerprint density at radius 1 is 1.03 bits per heavy atom. The van der Waals surface area contributed by atoms with Crippen molar-refractivity contribution in [1.29, 1.82) is 0 Å². The molecule has 3 aromatic rings. The largest absolute Gasteiger partial charge is 0.464 e. The Labute approximate surface area is 200 Å². The molecule has 0 unspecified atom stereocenters. The van der Waals surface area contributed by atoms with E-state index in [1.54, 1.807) is 30.3 Å². The summed E-state index contributed by atoms with van der Waals surface area (Å²) in [6, 6.07) is 18.0. The monoisotopic (exact) mass is 500 g/mol. The molecule has 4 rings (SSSR count). The van der Waals surface area contributed by atoms with Gasteiger partial charge in [0.05, 0.1) is 12.0 Å². The molecule has 0 spiro atoms. The number of halogens is 2. The third-order valence-corrected chi connectivity index (χ3v) is 7.14. The number of hydrogen-bond donors (Lipinski definition) is 1. The third-order valence-electron chi connectivity index (χ3n) is 5.10. The smallest absolute Gasteiger partial charge is 0.356 e. The number of nitrogens with zero attached hydrogens (tertiary/aromatic N) is 1. The predicted molar refractivity (Wildman–Crippen MR) is 125 cm³/mol. The summed E-state index contributed by atoms with van der Waals surface area (Å²) >= 11 is 6.17. The second kappa shape index (κ2) is 9.28. The molecule has 0 fully saturated rings. The van der Waals surface area contributed by atoms with Gasteiger partial charge in [0.15, 0.2) is 0 Å². The molecule has 3 aromatic carbocycles. The number of carbonyl (C=O) groups excluding carboxylic acids is 2. The molecule has 1 aliphatic heterocycles. The number of methoxy groups -OCH3 is 1. The first kappa shape index (κ1) is 23.5. The predicted octanol–water partition coefficient (Wildman–Crippen LogP) is 4.05. The third kappa shape index (κ3) is 4.40. The molecule has 7 nitrogen and oxygen atoms in total. The van der Waals surface area contributed by atoms with Gasteiger partial charge in [0, 0.05) is 21.8 Å². The van der Waals surface area contributed by atoms with Crippen LogP contribution in [0.4, 0.5) is 10.1 Å². The van der Waals surface area contributed by atoms with E-state index in [1.807, 2.05) is 0 Å². The van der Waals surface area contributed by atoms with Gasteiger partial charge in [-0.2, -0.15) is 0 Å². The molecule has 0 saturated carbocycles. The summed E-state index contributed by atoms with van der Waals surface area (Å²) in [6.07, 6.45) is 0. The van der Waals surface area contributed by atoms with Crippen molar-refractivity contribution in [2.75, 3.05) is 19.0 Å². The molecule has 0 aliphatic carbocycles. The Morgan fingerprint density at radius 2 is 1.76 bits per heavy atom. The van der Waals surface area contributed by atoms with E-state index in [1.165, 1.54) is 36.4 Å². The maximum absolute atomic E-state index is 13.6. The van der Waals surface area contributed by atoms with Crippen LogP contribution in [-0.2, 0) is 24.3 Å². The van der Waals surface area contributed by atoms with Crippen molar-refractivity contribution in [2.24, 2.45) is 0 Å². The van der Waals surface area contributed by atoms with E-state index in [-0.39, 0.29) is 32.4 Å². The summed E-state index contributed by atoms with van der Waals surface area (Å²) in [7, 11) is -3.25. The molecule has 0 saturated heterocycles. The van der Waals surface area contributed by atoms with E-state index in [0.717, 1.165) is 13.2 Å². The van der Waals surface area contributed by atoms with Gasteiger partial charge in [-0.05, 0) is 42.0 Å². The van der Waals surface area contributed by atoms with Crippen LogP contribution in [0.3, 0.4) is 0 Å². The maximum Gasteiger partial charge on any atom is 0.356 e. The molecule has 1 aliphatic rings. The first-order chi connectivity index (χ1) is 16.2. The number of amides is 1. The fraction of sp³-hybridized carbons (Fsp3) is 0.0833. The van der Waals surface area contributed by atoms with Crippen LogP contribution in [0.2, 0.25) is 5.02 Å². The minimum Gasteiger partial charge on any atom is -0.464 e. The highest BCUT2D eigenvalue weighted by Crippen LogP contribution is 2.41. The lowest BCUT2D eigenvalue weighted by molar-refractivity contribution is -0.137. The van der Waals surface area contributed by atoms with E-state index in [2.05, 4.69) is 5.32 Å². The molecule has 174 valence electrons. The maximum atomic E-state index is 13.6. The van der Waals surface area contributed by atoms with Crippen LogP contribution in [0.5, 0.6) is 0 Å². The van der Waals surface area contributed by atoms with Crippen LogP contribution in [0.15, 0.2) is 83.4 Å². The molecule has 1 heterocycles. The molecule has 10 heteroatoms. The molecule has 0 radical (unpaired) electrons. The summed E-state index contributed by atoms with van der Waals surface area (Å²) in [5.74, 6) is -2.30. The van der Waals surface area contributed by atoms with Crippen LogP contribution in [0, 0.1) is 5.82 Å². The molecular formula is C24H18ClFN2O5S. The summed E-state index contributed by atoms with van der Waals surface area (Å²) in [4.78, 5) is 25.6. The zero-order valence-electron chi connectivity index (χ0n) is 17.8. The van der Waals surface area contributed by atoms with Gasteiger partial charge in [-0.3, -0.25) is 4.79 Å². The molecular weight excluding hydrogens is 483 g/mol. The van der Waals surface area contributed by atoms with Crippen LogP contribution >= 0.6 is 11.6 Å². The number of nitrogens with one attached hydrogen (secondary N) is 1. The van der Waals surface area contributed by atoms with Crippen LogP contribution in [-0.4, -0.2) is 38.3 Å². The standard InChI is InChI=1S/C24H18ClFN2O5S/c1-33-24(30)23-22(15-6-3-2-4-7-15)19-12-16(25)10-11-20(19)34(31,32)28(23)14-21(29)27-18-9-5-8-17(26)13-18/h2-13H,14H2,1H3,(H,27,29). The van der Waals surface area contributed by atoms with Crippen molar-refractivity contribution in [3.63, 3.8) is 0 Å². The number of carbonyl (C=O) groups is 2. The first-order valence-electron chi connectivity index (χ1n) is 9.98. The van der Waals surface area contributed by atoms with Gasteiger partial charge >= 0.3 is 5.97 Å². The highest BCUT2D eigenvalue weighted by Gasteiger charge is 2.41. The second-order valence-corrected chi connectivity index (χ2v) is 9.56. The normalized spacial score (nSPS) is 14.4. The lowest BCUT2D eigenvalue weighted by Gasteiger charge is -2.32. The lowest BCUT2D eigenvalue weighted by atomic mass is 9.95. The molecule has 0 bridgehead atoms. The highest BCUT2D eigenvalue weighted by molar-refractivity contribution is 7.89. The quantitative estimate of drug-likeness (QED) is 0.533. The van der Waals surface area contributed by atoms with Gasteiger partial charge in [0.25, 0.3) is 10.0 Å². The number of rotatable bonds is 5. The van der Waals surface area contributed by atoms with E-state index in [4.69, 9.17) is 16.3 Å². The second-order valence-electron chi connectivity index (χ2n) is 7.29. The fourth-order valence-corrected chi connectivity index (χ4v) is 5.45. The summed E-state index contributed by atoms with van der Waals surface area (Å²) in [5.41, 5.74) is 0.785. The minimum atomic E-state index is -4.36. The Balaban J connectivity index is 1.90. The number of anilines is 1. The number of benzene rings is 3. The summed E-state index contributed by atoms with van der Waals surface area (Å²) < 4.78 is 46.3. The number of ether oxygens (including phenoxy) is 1. The molecule has 1 N–H and O–H groups in total. The number of hydrogen-bond acceptors (Lipinski definition) is 5. The van der Waals surface area contributed by atoms with E-state index in [0.29, 0.717) is 9.87 Å². The van der Waals surface area contributed by atoms with Crippen LogP contribution < -0.4 is 5.32 Å². The topological polar surface area (TPSA) is 92.8 Å². The van der Waals surface area contributed by atoms with E-state index < -0.39 is 34.3 Å². The zero-order chi connectivity index (χ0) is 24.5. The van der Waals surface area contributed by atoms with E-state index in [9.17, 15) is 22.4 Å². The SMILES string of the molecule is COC(=O)C1=C(c2ccccc2)c2cc(Cl)ccc2S(=O)(=O)N1CC(=O)Nc1cccc(F)c1. The Morgan fingerprint density at radius 3 is 2.44 bits per heavy atom. The number of esters is 1. The van der Waals surface area contributed by atoms with Crippen molar-refractivity contribution >= 4 is 44.8 Å². The van der Waals surface area contributed by atoms with Gasteiger partial charge in [-0.25, -0.2) is 21.9 Å². The Kier molecular flexibility index (Phi) is 6.41. The summed E-state index contributed by atoms with van der Waals surface area (Å²) in [6.45, 7) is -0.748. The molecule has 1 amide bonds. The van der Waals surface area contributed by atoms with Crippen molar-refractivity contribution < 1.29 is 27.1 Å². The zero-order valence-corrected chi connectivity index (χ0v) is 19.4. The molecule has 34 heavy (non-hydrogen) atoms. The van der Waals surface area contributed by atoms with Crippen LogP contribution in [0.25, 0.3) is 5.57 Å². The van der Waals surface area contributed by atoms with Crippen molar-refractivity contribution in [3.05, 3.63) is 100 Å². The number of sulfonamides is 1. The Bertz CT molecular complexity index is 1420. The summed E-state index contributed by atoms with van der Waals surface area (Å²) in [5, 5.41) is 2.72. The van der Waals surface area contributed by atoms with Crippen LogP contribution in [0.1, 0.15) is 11.1 Å². The Hall–Kier alpha value is -3.69.